The van der Waals surface area contributed by atoms with Crippen LogP contribution in [0.15, 0.2) is 174 Å². The van der Waals surface area contributed by atoms with Crippen LogP contribution in [0.1, 0.15) is 20.6 Å². The Bertz CT molecular complexity index is 3260. The Morgan fingerprint density at radius 2 is 0.867 bits per heavy atom. The van der Waals surface area contributed by atoms with Gasteiger partial charge in [0.2, 0.25) is 0 Å². The second kappa shape index (κ2) is 10.4. The summed E-state index contributed by atoms with van der Waals surface area (Å²) in [5.74, 6) is 0. The van der Waals surface area contributed by atoms with Crippen LogP contribution in [0.25, 0.3) is 88.0 Å². The third-order valence-electron chi connectivity index (χ3n) is 7.88. The van der Waals surface area contributed by atoms with Gasteiger partial charge in [0.05, 0.1) is 20.6 Å². The molecule has 1 nitrogen and oxygen atoms in total. The standard InChI is InChI=1S/C44H28O/c1-3-11-29(12-4-1)31-19-21-32(22-20-31)43-36-15-7-9-17-38(36)44(39-18-10-8-16-37(39)43)34-24-26-41-40(27-34)35-25-23-33(28-42(35)45-41)30-13-5-2-6-14-30/h1-28H/i1D,3D,4D,11D,12D,19D,20D,21D,22D,23D,24D,25D,26D,27D,28D. The Balaban J connectivity index is 1.38. The van der Waals surface area contributed by atoms with Gasteiger partial charge >= 0.3 is 0 Å². The molecular weight excluding hydrogens is 544 g/mol. The van der Waals surface area contributed by atoms with Gasteiger partial charge in [-0.05, 0) is 90.2 Å². The van der Waals surface area contributed by atoms with Gasteiger partial charge in [-0.3, -0.25) is 0 Å². The fourth-order valence-corrected chi connectivity index (χ4v) is 5.87. The molecule has 45 heavy (non-hydrogen) atoms. The molecule has 0 fully saturated rings. The zero-order chi connectivity index (χ0) is 42.8. The van der Waals surface area contributed by atoms with E-state index in [2.05, 4.69) is 0 Å². The summed E-state index contributed by atoms with van der Waals surface area (Å²) in [7, 11) is 0. The van der Waals surface area contributed by atoms with E-state index < -0.39 is 71.6 Å². The molecule has 9 aromatic rings. The van der Waals surface area contributed by atoms with Crippen LogP contribution in [0.5, 0.6) is 0 Å². The summed E-state index contributed by atoms with van der Waals surface area (Å²) in [6, 6.07) is 14.9. The van der Waals surface area contributed by atoms with Crippen molar-refractivity contribution < 1.29 is 25.0 Å². The van der Waals surface area contributed by atoms with Crippen LogP contribution < -0.4 is 0 Å². The van der Waals surface area contributed by atoms with Crippen LogP contribution in [0.3, 0.4) is 0 Å². The molecule has 9 rings (SSSR count). The zero-order valence-corrected chi connectivity index (χ0v) is 23.4. The molecule has 0 spiro atoms. The minimum Gasteiger partial charge on any atom is -0.456 e. The highest BCUT2D eigenvalue weighted by Crippen LogP contribution is 2.45. The fourth-order valence-electron chi connectivity index (χ4n) is 5.87. The zero-order valence-electron chi connectivity index (χ0n) is 38.4. The predicted molar refractivity (Wildman–Crippen MR) is 190 cm³/mol. The molecule has 0 aliphatic heterocycles. The van der Waals surface area contributed by atoms with Crippen LogP contribution in [0.4, 0.5) is 0 Å². The first kappa shape index (κ1) is 14.7. The molecule has 8 aromatic carbocycles. The first-order valence-electron chi connectivity index (χ1n) is 21.7. The maximum absolute atomic E-state index is 9.70. The second-order valence-corrected chi connectivity index (χ2v) is 10.5. The van der Waals surface area contributed by atoms with E-state index in [1.165, 1.54) is 0 Å². The lowest BCUT2D eigenvalue weighted by molar-refractivity contribution is 0.669. The molecule has 0 aliphatic rings. The minimum atomic E-state index is -0.685. The lowest BCUT2D eigenvalue weighted by Gasteiger charge is -2.18. The molecular formula is C44H28O. The average molecular weight is 588 g/mol. The maximum atomic E-state index is 9.70. The molecule has 0 radical (unpaired) electrons. The van der Waals surface area contributed by atoms with Gasteiger partial charge in [0.25, 0.3) is 0 Å². The maximum Gasteiger partial charge on any atom is 0.136 e. The Kier molecular flexibility index (Phi) is 3.39. The third-order valence-corrected chi connectivity index (χ3v) is 7.88. The van der Waals surface area contributed by atoms with Crippen LogP contribution in [-0.2, 0) is 0 Å². The molecule has 1 aromatic heterocycles. The van der Waals surface area contributed by atoms with Gasteiger partial charge < -0.3 is 4.42 Å². The summed E-state index contributed by atoms with van der Waals surface area (Å²) < 4.78 is 140. The molecule has 0 saturated carbocycles. The average Bonchev–Trinajstić information content (AvgIpc) is 3.67. The highest BCUT2D eigenvalue weighted by atomic mass is 16.3. The SMILES string of the molecule is [2H]c1c([2H])c([2H])c(-c2c([2H])c([2H])c(-c3c4ccccc4c(-c4c([2H])c([2H])c5oc6c([2H])c(-c7ccccc7)c([2H])c([2H])c6c5c4[2H])c4ccccc34)c([2H])c2[2H])c([2H])c1[2H]. The highest BCUT2D eigenvalue weighted by molar-refractivity contribution is 6.22. The van der Waals surface area contributed by atoms with Gasteiger partial charge in [0, 0.05) is 10.8 Å². The monoisotopic (exact) mass is 587 g/mol. The molecule has 0 N–H and O–H groups in total. The number of hydrogen-bond donors (Lipinski definition) is 0. The molecule has 0 bridgehead atoms. The topological polar surface area (TPSA) is 13.1 Å². The lowest BCUT2D eigenvalue weighted by atomic mass is 9.85. The fraction of sp³-hybridized carbons (Fsp3) is 0. The van der Waals surface area contributed by atoms with Crippen molar-refractivity contribution in [1.82, 2.24) is 0 Å². The molecule has 1 heteroatoms. The minimum absolute atomic E-state index is 0.00478. The van der Waals surface area contributed by atoms with E-state index in [9.17, 15) is 6.85 Å². The van der Waals surface area contributed by atoms with Gasteiger partial charge in [0.1, 0.15) is 11.2 Å². The van der Waals surface area contributed by atoms with Crippen molar-refractivity contribution in [2.45, 2.75) is 0 Å². The lowest BCUT2D eigenvalue weighted by Crippen LogP contribution is -1.91. The summed E-state index contributed by atoms with van der Waals surface area (Å²) in [4.78, 5) is 0. The highest BCUT2D eigenvalue weighted by Gasteiger charge is 2.18. The molecule has 1 heterocycles. The summed E-state index contributed by atoms with van der Waals surface area (Å²) in [5.41, 5.74) is -0.0420. The van der Waals surface area contributed by atoms with Crippen molar-refractivity contribution in [3.05, 3.63) is 169 Å². The van der Waals surface area contributed by atoms with E-state index in [-0.39, 0.29) is 74.4 Å². The normalized spacial score (nSPS) is 16.2. The van der Waals surface area contributed by atoms with Crippen molar-refractivity contribution >= 4 is 43.5 Å². The Hall–Kier alpha value is -5.92. The van der Waals surface area contributed by atoms with E-state index in [0.717, 1.165) is 0 Å². The van der Waals surface area contributed by atoms with Gasteiger partial charge in [-0.15, -0.1) is 0 Å². The van der Waals surface area contributed by atoms with E-state index in [1.54, 1.807) is 78.9 Å². The molecule has 0 saturated heterocycles. The van der Waals surface area contributed by atoms with Crippen LogP contribution in [0.2, 0.25) is 0 Å². The molecule has 0 aliphatic carbocycles. The molecule has 0 amide bonds. The van der Waals surface area contributed by atoms with E-state index in [4.69, 9.17) is 18.1 Å². The van der Waals surface area contributed by atoms with E-state index in [1.807, 2.05) is 0 Å². The second-order valence-electron chi connectivity index (χ2n) is 10.5. The van der Waals surface area contributed by atoms with Crippen LogP contribution in [-0.4, -0.2) is 0 Å². The summed E-state index contributed by atoms with van der Waals surface area (Å²) in [6.45, 7) is 0. The van der Waals surface area contributed by atoms with Crippen LogP contribution in [0, 0.1) is 0 Å². The van der Waals surface area contributed by atoms with Gasteiger partial charge in [-0.2, -0.15) is 0 Å². The Labute approximate surface area is 282 Å². The molecule has 210 valence electrons. The molecule has 0 atom stereocenters. The smallest absolute Gasteiger partial charge is 0.136 e. The van der Waals surface area contributed by atoms with Crippen molar-refractivity contribution in [2.75, 3.05) is 0 Å². The number of hydrogen-bond acceptors (Lipinski definition) is 1. The van der Waals surface area contributed by atoms with Crippen molar-refractivity contribution in [2.24, 2.45) is 0 Å². The van der Waals surface area contributed by atoms with Gasteiger partial charge in [-0.25, -0.2) is 0 Å². The van der Waals surface area contributed by atoms with Crippen molar-refractivity contribution in [1.29, 1.82) is 0 Å². The first-order valence-corrected chi connectivity index (χ1v) is 14.2. The van der Waals surface area contributed by atoms with Gasteiger partial charge in [-0.1, -0.05) is 145 Å². The molecule has 0 unspecified atom stereocenters. The third kappa shape index (κ3) is 4.24. The number of fused-ring (bicyclic) bond motifs is 5. The largest absolute Gasteiger partial charge is 0.456 e. The Morgan fingerprint density at radius 1 is 0.333 bits per heavy atom. The predicted octanol–water partition coefficient (Wildman–Crippen LogP) is 12.6. The number of benzene rings is 8. The van der Waals surface area contributed by atoms with Gasteiger partial charge in [0.15, 0.2) is 0 Å². The first-order chi connectivity index (χ1) is 28.6. The summed E-state index contributed by atoms with van der Waals surface area (Å²) in [6.07, 6.45) is 0. The van der Waals surface area contributed by atoms with Crippen LogP contribution >= 0.6 is 0 Å². The number of rotatable bonds is 4. The van der Waals surface area contributed by atoms with Crippen molar-refractivity contribution in [3.63, 3.8) is 0 Å². The summed E-state index contributed by atoms with van der Waals surface area (Å²) in [5, 5.41) is 1.64. The Morgan fingerprint density at radius 3 is 1.53 bits per heavy atom. The van der Waals surface area contributed by atoms with Crippen molar-refractivity contribution in [3.8, 4) is 44.5 Å². The van der Waals surface area contributed by atoms with E-state index >= 15 is 0 Å². The quantitative estimate of drug-likeness (QED) is 0.187. The van der Waals surface area contributed by atoms with E-state index in [0.29, 0.717) is 32.7 Å². The number of furan rings is 1. The summed E-state index contributed by atoms with van der Waals surface area (Å²) >= 11 is 0.